The fourth-order valence-corrected chi connectivity index (χ4v) is 4.53. The first-order valence-corrected chi connectivity index (χ1v) is 9.54. The number of nitrogens with one attached hydrogen (secondary N) is 2. The highest BCUT2D eigenvalue weighted by Gasteiger charge is 2.54. The van der Waals surface area contributed by atoms with Crippen LogP contribution in [0.4, 0.5) is 10.5 Å². The zero-order valence-electron chi connectivity index (χ0n) is 16.4. The topological polar surface area (TPSA) is 96.3 Å². The number of imidazole rings is 1. The van der Waals surface area contributed by atoms with Gasteiger partial charge in [0.05, 0.1) is 17.4 Å². The average Bonchev–Trinajstić information content (AvgIpc) is 3.07. The quantitative estimate of drug-likeness (QED) is 0.796. The lowest BCUT2D eigenvalue weighted by atomic mass is 9.68. The molecular weight excluding hydrogens is 358 g/mol. The molecule has 1 spiro atoms. The van der Waals surface area contributed by atoms with E-state index in [0.29, 0.717) is 18.5 Å². The van der Waals surface area contributed by atoms with E-state index in [1.807, 2.05) is 17.7 Å². The number of hydrogen-bond donors (Lipinski definition) is 2. The van der Waals surface area contributed by atoms with E-state index in [-0.39, 0.29) is 17.9 Å². The van der Waals surface area contributed by atoms with Gasteiger partial charge in [0, 0.05) is 12.7 Å². The molecule has 28 heavy (non-hydrogen) atoms. The number of rotatable bonds is 3. The lowest BCUT2D eigenvalue weighted by Gasteiger charge is -2.40. The Hall–Kier alpha value is -2.90. The lowest BCUT2D eigenvalue weighted by molar-refractivity contribution is -0.136. The Morgan fingerprint density at radius 1 is 1.29 bits per heavy atom. The van der Waals surface area contributed by atoms with Crippen molar-refractivity contribution in [2.75, 3.05) is 11.9 Å². The number of aromatic nitrogens is 2. The van der Waals surface area contributed by atoms with Gasteiger partial charge in [-0.2, -0.15) is 0 Å². The van der Waals surface area contributed by atoms with Gasteiger partial charge >= 0.3 is 6.03 Å². The molecule has 2 aliphatic rings. The zero-order chi connectivity index (χ0) is 20.1. The SMILES string of the molecule is Cn1cnc2cc(NC(=O)CN3C(=O)NC4(CCCC(C)(C)C4)C3=O)ccc21. The number of benzene rings is 1. The molecule has 1 aliphatic carbocycles. The molecule has 0 bridgehead atoms. The predicted octanol–water partition coefficient (Wildman–Crippen LogP) is 2.40. The van der Waals surface area contributed by atoms with Gasteiger partial charge in [-0.05, 0) is 42.9 Å². The van der Waals surface area contributed by atoms with Gasteiger partial charge in [0.2, 0.25) is 5.91 Å². The molecule has 2 heterocycles. The van der Waals surface area contributed by atoms with E-state index in [4.69, 9.17) is 0 Å². The molecule has 1 aromatic heterocycles. The molecule has 2 N–H and O–H groups in total. The highest BCUT2D eigenvalue weighted by Crippen LogP contribution is 2.43. The van der Waals surface area contributed by atoms with Crippen LogP contribution in [-0.4, -0.2) is 44.4 Å². The highest BCUT2D eigenvalue weighted by molar-refractivity contribution is 6.10. The summed E-state index contributed by atoms with van der Waals surface area (Å²) >= 11 is 0. The largest absolute Gasteiger partial charge is 0.334 e. The van der Waals surface area contributed by atoms with Gasteiger partial charge in [-0.25, -0.2) is 9.78 Å². The van der Waals surface area contributed by atoms with Crippen molar-refractivity contribution in [1.82, 2.24) is 19.8 Å². The summed E-state index contributed by atoms with van der Waals surface area (Å²) in [5.41, 5.74) is 1.41. The second-order valence-electron chi connectivity index (χ2n) is 8.71. The average molecular weight is 383 g/mol. The van der Waals surface area contributed by atoms with Crippen molar-refractivity contribution < 1.29 is 14.4 Å². The predicted molar refractivity (Wildman–Crippen MR) is 105 cm³/mol. The van der Waals surface area contributed by atoms with Crippen LogP contribution in [0.3, 0.4) is 0 Å². The molecule has 1 atom stereocenters. The molecule has 8 nitrogen and oxygen atoms in total. The third-order valence-corrected chi connectivity index (χ3v) is 5.79. The molecule has 2 fully saturated rings. The first-order chi connectivity index (χ1) is 13.2. The molecule has 0 radical (unpaired) electrons. The number of imide groups is 1. The maximum absolute atomic E-state index is 13.0. The maximum atomic E-state index is 13.0. The van der Waals surface area contributed by atoms with E-state index in [1.165, 1.54) is 0 Å². The molecule has 1 unspecified atom stereocenters. The van der Waals surface area contributed by atoms with Crippen molar-refractivity contribution in [3.8, 4) is 0 Å². The molecule has 1 aromatic carbocycles. The van der Waals surface area contributed by atoms with E-state index >= 15 is 0 Å². The van der Waals surface area contributed by atoms with Crippen LogP contribution in [0.2, 0.25) is 0 Å². The minimum atomic E-state index is -0.869. The number of anilines is 1. The summed E-state index contributed by atoms with van der Waals surface area (Å²) in [5.74, 6) is -0.702. The first kappa shape index (κ1) is 18.5. The zero-order valence-corrected chi connectivity index (χ0v) is 16.4. The first-order valence-electron chi connectivity index (χ1n) is 9.54. The van der Waals surface area contributed by atoms with E-state index in [1.54, 1.807) is 18.5 Å². The second-order valence-corrected chi connectivity index (χ2v) is 8.71. The third-order valence-electron chi connectivity index (χ3n) is 5.79. The summed E-state index contributed by atoms with van der Waals surface area (Å²) in [5, 5.41) is 5.62. The Labute approximate surface area is 163 Å². The second kappa shape index (κ2) is 6.32. The Morgan fingerprint density at radius 3 is 2.82 bits per heavy atom. The van der Waals surface area contributed by atoms with Gasteiger partial charge in [0.1, 0.15) is 12.1 Å². The minimum Gasteiger partial charge on any atom is -0.334 e. The van der Waals surface area contributed by atoms with Crippen LogP contribution in [-0.2, 0) is 16.6 Å². The number of aryl methyl sites for hydroxylation is 1. The van der Waals surface area contributed by atoms with Crippen molar-refractivity contribution in [2.45, 2.75) is 45.1 Å². The van der Waals surface area contributed by atoms with Crippen molar-refractivity contribution in [1.29, 1.82) is 0 Å². The Morgan fingerprint density at radius 2 is 2.07 bits per heavy atom. The van der Waals surface area contributed by atoms with Crippen LogP contribution >= 0.6 is 0 Å². The van der Waals surface area contributed by atoms with Gasteiger partial charge in [-0.1, -0.05) is 20.3 Å². The smallest absolute Gasteiger partial charge is 0.325 e. The summed E-state index contributed by atoms with van der Waals surface area (Å²) in [6, 6.07) is 4.92. The number of amides is 4. The molecule has 1 saturated heterocycles. The number of nitrogens with zero attached hydrogens (tertiary/aromatic N) is 3. The fraction of sp³-hybridized carbons (Fsp3) is 0.500. The van der Waals surface area contributed by atoms with Crippen molar-refractivity contribution >= 4 is 34.6 Å². The Bertz CT molecular complexity index is 979. The molecule has 2 aromatic rings. The van der Waals surface area contributed by atoms with Gasteiger partial charge in [-0.3, -0.25) is 14.5 Å². The fourth-order valence-electron chi connectivity index (χ4n) is 4.53. The molecule has 4 amide bonds. The maximum Gasteiger partial charge on any atom is 0.325 e. The molecular formula is C20H25N5O3. The number of hydrogen-bond acceptors (Lipinski definition) is 4. The van der Waals surface area contributed by atoms with Crippen molar-refractivity contribution in [3.05, 3.63) is 24.5 Å². The van der Waals surface area contributed by atoms with Gasteiger partial charge in [0.25, 0.3) is 5.91 Å². The summed E-state index contributed by atoms with van der Waals surface area (Å²) in [7, 11) is 1.90. The van der Waals surface area contributed by atoms with Crippen molar-refractivity contribution in [2.24, 2.45) is 12.5 Å². The molecule has 1 saturated carbocycles. The molecule has 1 aliphatic heterocycles. The number of carbonyl (C=O) groups is 3. The number of fused-ring (bicyclic) bond motifs is 1. The van der Waals surface area contributed by atoms with E-state index in [0.717, 1.165) is 28.8 Å². The van der Waals surface area contributed by atoms with E-state index in [9.17, 15) is 14.4 Å². The highest BCUT2D eigenvalue weighted by atomic mass is 16.2. The number of carbonyl (C=O) groups excluding carboxylic acids is 3. The summed E-state index contributed by atoms with van der Waals surface area (Å²) in [4.78, 5) is 43.2. The van der Waals surface area contributed by atoms with Crippen LogP contribution in [0.1, 0.15) is 39.5 Å². The summed E-state index contributed by atoms with van der Waals surface area (Å²) in [6.07, 6.45) is 4.82. The standard InChI is InChI=1S/C20H25N5O3/c1-19(2)7-4-8-20(11-19)17(27)25(18(28)23-20)10-16(26)22-13-5-6-15-14(9-13)21-12-24(15)3/h5-6,9,12H,4,7-8,10-11H2,1-3H3,(H,22,26)(H,23,28). The van der Waals surface area contributed by atoms with Crippen LogP contribution < -0.4 is 10.6 Å². The monoisotopic (exact) mass is 383 g/mol. The van der Waals surface area contributed by atoms with E-state index < -0.39 is 17.5 Å². The molecule has 148 valence electrons. The molecule has 4 rings (SSSR count). The van der Waals surface area contributed by atoms with Gasteiger partial charge in [-0.15, -0.1) is 0 Å². The Kier molecular flexibility index (Phi) is 4.17. The van der Waals surface area contributed by atoms with Gasteiger partial charge < -0.3 is 15.2 Å². The minimum absolute atomic E-state index is 0.0163. The van der Waals surface area contributed by atoms with Gasteiger partial charge in [0.15, 0.2) is 0 Å². The van der Waals surface area contributed by atoms with Crippen molar-refractivity contribution in [3.63, 3.8) is 0 Å². The van der Waals surface area contributed by atoms with Crippen LogP contribution in [0.15, 0.2) is 24.5 Å². The van der Waals surface area contributed by atoms with Crippen LogP contribution in [0.5, 0.6) is 0 Å². The number of urea groups is 1. The van der Waals surface area contributed by atoms with Crippen LogP contribution in [0.25, 0.3) is 11.0 Å². The summed E-state index contributed by atoms with van der Waals surface area (Å²) < 4.78 is 1.89. The third kappa shape index (κ3) is 3.12. The summed E-state index contributed by atoms with van der Waals surface area (Å²) in [6.45, 7) is 3.92. The van der Waals surface area contributed by atoms with Crippen LogP contribution in [0, 0.1) is 5.41 Å². The van der Waals surface area contributed by atoms with E-state index in [2.05, 4.69) is 29.5 Å². The normalized spacial score (nSPS) is 24.0. The lowest BCUT2D eigenvalue weighted by Crippen LogP contribution is -2.52. The molecule has 8 heteroatoms. The Balaban J connectivity index is 1.46.